The molecule has 0 aromatic carbocycles. The Morgan fingerprint density at radius 3 is 3.27 bits per heavy atom. The Bertz CT molecular complexity index is 271. The van der Waals surface area contributed by atoms with Gasteiger partial charge in [-0.1, -0.05) is 6.92 Å². The molecule has 1 atom stereocenters. The Kier molecular flexibility index (Phi) is 4.18. The van der Waals surface area contributed by atoms with Crippen LogP contribution < -0.4 is 5.32 Å². The third kappa shape index (κ3) is 3.03. The summed E-state index contributed by atoms with van der Waals surface area (Å²) in [5.74, 6) is 0. The van der Waals surface area contributed by atoms with E-state index in [4.69, 9.17) is 0 Å². The van der Waals surface area contributed by atoms with E-state index in [0.29, 0.717) is 0 Å². The summed E-state index contributed by atoms with van der Waals surface area (Å²) in [6.07, 6.45) is 2.72. The zero-order valence-corrected chi connectivity index (χ0v) is 10.2. The Hall–Kier alpha value is -0.380. The largest absolute Gasteiger partial charge is 0.315 e. The zero-order chi connectivity index (χ0) is 10.5. The lowest BCUT2D eigenvalue weighted by molar-refractivity contribution is 0.240. The Labute approximate surface area is 96.3 Å². The van der Waals surface area contributed by atoms with Crippen molar-refractivity contribution in [2.24, 2.45) is 0 Å². The first kappa shape index (κ1) is 11.1. The summed E-state index contributed by atoms with van der Waals surface area (Å²) in [6.45, 7) is 6.83. The minimum atomic E-state index is 0.754. The van der Waals surface area contributed by atoms with Gasteiger partial charge in [-0.25, -0.2) is 0 Å². The first-order valence-electron chi connectivity index (χ1n) is 5.86. The molecule has 0 radical (unpaired) electrons. The van der Waals surface area contributed by atoms with Gasteiger partial charge < -0.3 is 5.32 Å². The van der Waals surface area contributed by atoms with Gasteiger partial charge in [0, 0.05) is 19.1 Å². The predicted octanol–water partition coefficient (Wildman–Crippen LogP) is 2.32. The Balaban J connectivity index is 1.85. The second kappa shape index (κ2) is 5.64. The second-order valence-electron chi connectivity index (χ2n) is 4.21. The Morgan fingerprint density at radius 2 is 2.53 bits per heavy atom. The molecule has 1 unspecified atom stereocenters. The average Bonchev–Trinajstić information content (AvgIpc) is 2.87. The van der Waals surface area contributed by atoms with E-state index in [1.54, 1.807) is 11.3 Å². The third-order valence-electron chi connectivity index (χ3n) is 3.09. The van der Waals surface area contributed by atoms with Crippen molar-refractivity contribution in [2.45, 2.75) is 32.4 Å². The van der Waals surface area contributed by atoms with Gasteiger partial charge >= 0.3 is 0 Å². The van der Waals surface area contributed by atoms with Gasteiger partial charge in [-0.15, -0.1) is 0 Å². The van der Waals surface area contributed by atoms with Crippen LogP contribution in [0.1, 0.15) is 25.3 Å². The first-order chi connectivity index (χ1) is 7.40. The van der Waals surface area contributed by atoms with Crippen LogP contribution in [0.4, 0.5) is 0 Å². The van der Waals surface area contributed by atoms with Crippen molar-refractivity contribution in [1.82, 2.24) is 10.2 Å². The fraction of sp³-hybridized carbons (Fsp3) is 0.667. The smallest absolute Gasteiger partial charge is 0.0245 e. The summed E-state index contributed by atoms with van der Waals surface area (Å²) in [5.41, 5.74) is 1.48. The topological polar surface area (TPSA) is 15.3 Å². The zero-order valence-electron chi connectivity index (χ0n) is 9.41. The van der Waals surface area contributed by atoms with E-state index in [9.17, 15) is 0 Å². The van der Waals surface area contributed by atoms with Crippen LogP contribution in [-0.4, -0.2) is 30.6 Å². The molecule has 1 aliphatic rings. The number of rotatable bonds is 5. The highest BCUT2D eigenvalue weighted by atomic mass is 32.1. The van der Waals surface area contributed by atoms with Crippen molar-refractivity contribution < 1.29 is 0 Å². The molecule has 15 heavy (non-hydrogen) atoms. The first-order valence-corrected chi connectivity index (χ1v) is 6.80. The molecular weight excluding hydrogens is 204 g/mol. The van der Waals surface area contributed by atoms with Crippen molar-refractivity contribution in [3.63, 3.8) is 0 Å². The molecule has 2 heterocycles. The molecule has 1 N–H and O–H groups in total. The molecule has 0 spiro atoms. The number of nitrogens with one attached hydrogen (secondary N) is 1. The predicted molar refractivity (Wildman–Crippen MR) is 66.3 cm³/mol. The summed E-state index contributed by atoms with van der Waals surface area (Å²) in [6, 6.07) is 3.00. The second-order valence-corrected chi connectivity index (χ2v) is 4.99. The molecule has 0 saturated carbocycles. The quantitative estimate of drug-likeness (QED) is 0.826. The van der Waals surface area contributed by atoms with Gasteiger partial charge in [0.05, 0.1) is 0 Å². The SMILES string of the molecule is CCNCC1CCCN1Cc1ccsc1. The maximum atomic E-state index is 3.46. The number of likely N-dealkylation sites (N-methyl/N-ethyl adjacent to an activating group) is 1. The summed E-state index contributed by atoms with van der Waals surface area (Å²) in [5, 5.41) is 7.90. The average molecular weight is 224 g/mol. The van der Waals surface area contributed by atoms with Gasteiger partial charge in [-0.3, -0.25) is 4.90 Å². The van der Waals surface area contributed by atoms with Crippen molar-refractivity contribution in [2.75, 3.05) is 19.6 Å². The van der Waals surface area contributed by atoms with Gasteiger partial charge in [-0.2, -0.15) is 11.3 Å². The van der Waals surface area contributed by atoms with Crippen LogP contribution in [0, 0.1) is 0 Å². The molecule has 1 saturated heterocycles. The van der Waals surface area contributed by atoms with Crippen molar-refractivity contribution in [3.05, 3.63) is 22.4 Å². The van der Waals surface area contributed by atoms with Crippen LogP contribution in [0.15, 0.2) is 16.8 Å². The maximum absolute atomic E-state index is 3.46. The number of nitrogens with zero attached hydrogens (tertiary/aromatic N) is 1. The van der Waals surface area contributed by atoms with Gasteiger partial charge in [0.1, 0.15) is 0 Å². The van der Waals surface area contributed by atoms with Crippen molar-refractivity contribution in [3.8, 4) is 0 Å². The van der Waals surface area contributed by atoms with E-state index in [2.05, 4.69) is 34.0 Å². The van der Waals surface area contributed by atoms with E-state index in [1.807, 2.05) is 0 Å². The van der Waals surface area contributed by atoms with E-state index in [1.165, 1.54) is 24.9 Å². The highest BCUT2D eigenvalue weighted by molar-refractivity contribution is 7.07. The summed E-state index contributed by atoms with van der Waals surface area (Å²) < 4.78 is 0. The molecular formula is C12H20N2S. The normalized spacial score (nSPS) is 22.3. The van der Waals surface area contributed by atoms with E-state index in [0.717, 1.165) is 25.7 Å². The number of likely N-dealkylation sites (tertiary alicyclic amines) is 1. The van der Waals surface area contributed by atoms with Gasteiger partial charge in [0.2, 0.25) is 0 Å². The van der Waals surface area contributed by atoms with Crippen molar-refractivity contribution in [1.29, 1.82) is 0 Å². The third-order valence-corrected chi connectivity index (χ3v) is 3.83. The minimum Gasteiger partial charge on any atom is -0.315 e. The molecule has 2 rings (SSSR count). The highest BCUT2D eigenvalue weighted by Gasteiger charge is 2.23. The van der Waals surface area contributed by atoms with E-state index >= 15 is 0 Å². The lowest BCUT2D eigenvalue weighted by atomic mass is 10.2. The monoisotopic (exact) mass is 224 g/mol. The Morgan fingerprint density at radius 1 is 1.60 bits per heavy atom. The lowest BCUT2D eigenvalue weighted by Crippen LogP contribution is -2.37. The van der Waals surface area contributed by atoms with Crippen LogP contribution >= 0.6 is 11.3 Å². The molecule has 1 aromatic rings. The van der Waals surface area contributed by atoms with Gasteiger partial charge in [0.25, 0.3) is 0 Å². The highest BCUT2D eigenvalue weighted by Crippen LogP contribution is 2.20. The molecule has 1 fully saturated rings. The van der Waals surface area contributed by atoms with Crippen LogP contribution in [-0.2, 0) is 6.54 Å². The molecule has 84 valence electrons. The van der Waals surface area contributed by atoms with Gasteiger partial charge in [-0.05, 0) is 48.3 Å². The summed E-state index contributed by atoms with van der Waals surface area (Å²) in [4.78, 5) is 2.62. The number of hydrogen-bond donors (Lipinski definition) is 1. The standard InChI is InChI=1S/C12H20N2S/c1-2-13-8-12-4-3-6-14(12)9-11-5-7-15-10-11/h5,7,10,12-13H,2-4,6,8-9H2,1H3. The summed E-state index contributed by atoms with van der Waals surface area (Å²) in [7, 11) is 0. The molecule has 2 nitrogen and oxygen atoms in total. The lowest BCUT2D eigenvalue weighted by Gasteiger charge is -2.24. The molecule has 1 aliphatic heterocycles. The molecule has 0 amide bonds. The summed E-state index contributed by atoms with van der Waals surface area (Å²) >= 11 is 1.80. The molecule has 3 heteroatoms. The fourth-order valence-electron chi connectivity index (χ4n) is 2.26. The van der Waals surface area contributed by atoms with Crippen molar-refractivity contribution >= 4 is 11.3 Å². The van der Waals surface area contributed by atoms with Crippen LogP contribution in [0.3, 0.4) is 0 Å². The molecule has 0 aliphatic carbocycles. The fourth-order valence-corrected chi connectivity index (χ4v) is 2.92. The number of thiophene rings is 1. The van der Waals surface area contributed by atoms with Crippen LogP contribution in [0.25, 0.3) is 0 Å². The van der Waals surface area contributed by atoms with E-state index < -0.39 is 0 Å². The number of hydrogen-bond acceptors (Lipinski definition) is 3. The van der Waals surface area contributed by atoms with Gasteiger partial charge in [0.15, 0.2) is 0 Å². The minimum absolute atomic E-state index is 0.754. The van der Waals surface area contributed by atoms with Crippen LogP contribution in [0.2, 0.25) is 0 Å². The molecule has 1 aromatic heterocycles. The van der Waals surface area contributed by atoms with E-state index in [-0.39, 0.29) is 0 Å². The maximum Gasteiger partial charge on any atom is 0.0245 e. The molecule has 0 bridgehead atoms. The van der Waals surface area contributed by atoms with Crippen LogP contribution in [0.5, 0.6) is 0 Å².